The number of nitrogens with one attached hydrogen (secondary N) is 1. The summed E-state index contributed by atoms with van der Waals surface area (Å²) in [5, 5.41) is 3.43. The van der Waals surface area contributed by atoms with Crippen molar-refractivity contribution in [2.45, 2.75) is 40.3 Å². The Bertz CT molecular complexity index is 475. The summed E-state index contributed by atoms with van der Waals surface area (Å²) >= 11 is 3.52. The summed E-state index contributed by atoms with van der Waals surface area (Å²) in [6, 6.07) is 6.56. The van der Waals surface area contributed by atoms with E-state index in [1.54, 1.807) is 0 Å². The first kappa shape index (κ1) is 18.0. The van der Waals surface area contributed by atoms with Gasteiger partial charge in [0.15, 0.2) is 0 Å². The molecule has 0 unspecified atom stereocenters. The number of anilines is 1. The van der Waals surface area contributed by atoms with Gasteiger partial charge < -0.3 is 16.0 Å². The van der Waals surface area contributed by atoms with Gasteiger partial charge >= 0.3 is 0 Å². The second-order valence-electron chi connectivity index (χ2n) is 6.05. The summed E-state index contributed by atoms with van der Waals surface area (Å²) in [5.41, 5.74) is 7.64. The number of hydrogen-bond acceptors (Lipinski definition) is 3. The molecule has 1 amide bonds. The van der Waals surface area contributed by atoms with Crippen LogP contribution in [0.4, 0.5) is 5.69 Å². The Hall–Kier alpha value is -1.07. The molecule has 1 rings (SSSR count). The van der Waals surface area contributed by atoms with Crippen molar-refractivity contribution in [1.82, 2.24) is 5.32 Å². The zero-order chi connectivity index (χ0) is 16.0. The van der Waals surface area contributed by atoms with Crippen molar-refractivity contribution >= 4 is 27.5 Å². The lowest BCUT2D eigenvalue weighted by Crippen LogP contribution is -2.37. The molecule has 0 fully saturated rings. The summed E-state index contributed by atoms with van der Waals surface area (Å²) in [7, 11) is 0. The van der Waals surface area contributed by atoms with Crippen LogP contribution < -0.4 is 16.0 Å². The molecule has 4 nitrogen and oxygen atoms in total. The molecule has 1 aromatic rings. The molecule has 118 valence electrons. The number of primary amides is 1. The van der Waals surface area contributed by atoms with Crippen LogP contribution in [0.15, 0.2) is 22.7 Å². The molecule has 3 N–H and O–H groups in total. The van der Waals surface area contributed by atoms with E-state index in [0.29, 0.717) is 12.0 Å². The van der Waals surface area contributed by atoms with Crippen LogP contribution in [0.2, 0.25) is 0 Å². The summed E-state index contributed by atoms with van der Waals surface area (Å²) in [6.07, 6.45) is 0. The smallest absolute Gasteiger partial charge is 0.236 e. The Morgan fingerprint density at radius 3 is 2.52 bits per heavy atom. The van der Waals surface area contributed by atoms with E-state index >= 15 is 0 Å². The van der Waals surface area contributed by atoms with Gasteiger partial charge in [0.05, 0.1) is 6.54 Å². The van der Waals surface area contributed by atoms with E-state index in [-0.39, 0.29) is 12.5 Å². The van der Waals surface area contributed by atoms with Crippen LogP contribution in [0.1, 0.15) is 33.3 Å². The Morgan fingerprint density at radius 1 is 1.33 bits per heavy atom. The van der Waals surface area contributed by atoms with Gasteiger partial charge in [0, 0.05) is 29.3 Å². The van der Waals surface area contributed by atoms with E-state index in [1.807, 2.05) is 12.1 Å². The van der Waals surface area contributed by atoms with Crippen LogP contribution in [0.5, 0.6) is 0 Å². The number of rotatable bonds is 8. The van der Waals surface area contributed by atoms with E-state index in [9.17, 15) is 4.79 Å². The predicted molar refractivity (Wildman–Crippen MR) is 92.4 cm³/mol. The molecule has 0 aliphatic heterocycles. The van der Waals surface area contributed by atoms with Crippen molar-refractivity contribution in [3.63, 3.8) is 0 Å². The highest BCUT2D eigenvalue weighted by Crippen LogP contribution is 2.25. The van der Waals surface area contributed by atoms with Crippen LogP contribution in [-0.2, 0) is 11.3 Å². The molecule has 0 bridgehead atoms. The first-order chi connectivity index (χ1) is 9.79. The molecule has 0 saturated heterocycles. The average molecular weight is 356 g/mol. The minimum atomic E-state index is -0.304. The van der Waals surface area contributed by atoms with Gasteiger partial charge in [0.1, 0.15) is 0 Å². The van der Waals surface area contributed by atoms with E-state index in [1.165, 1.54) is 5.56 Å². The zero-order valence-corrected chi connectivity index (χ0v) is 14.9. The molecule has 5 heteroatoms. The lowest BCUT2D eigenvalue weighted by atomic mass is 10.1. The van der Waals surface area contributed by atoms with Crippen LogP contribution >= 0.6 is 15.9 Å². The normalized spacial score (nSPS) is 11.2. The fourth-order valence-electron chi connectivity index (χ4n) is 2.20. The highest BCUT2D eigenvalue weighted by molar-refractivity contribution is 9.10. The van der Waals surface area contributed by atoms with Gasteiger partial charge in [-0.2, -0.15) is 0 Å². The quantitative estimate of drug-likeness (QED) is 0.753. The number of halogens is 1. The maximum absolute atomic E-state index is 11.4. The molecule has 1 aromatic carbocycles. The van der Waals surface area contributed by atoms with Crippen LogP contribution in [0.25, 0.3) is 0 Å². The molecule has 0 saturated carbocycles. The maximum Gasteiger partial charge on any atom is 0.236 e. The van der Waals surface area contributed by atoms with Crippen LogP contribution in [0, 0.1) is 5.92 Å². The minimum Gasteiger partial charge on any atom is -0.368 e. The lowest BCUT2D eigenvalue weighted by Gasteiger charge is -2.28. The van der Waals surface area contributed by atoms with E-state index in [4.69, 9.17) is 5.73 Å². The van der Waals surface area contributed by atoms with Crippen molar-refractivity contribution in [1.29, 1.82) is 0 Å². The topological polar surface area (TPSA) is 58.4 Å². The molecule has 0 radical (unpaired) electrons. The molecular weight excluding hydrogens is 330 g/mol. The third-order valence-electron chi connectivity index (χ3n) is 3.02. The lowest BCUT2D eigenvalue weighted by molar-refractivity contribution is -0.116. The van der Waals surface area contributed by atoms with Crippen molar-refractivity contribution in [2.75, 3.05) is 18.0 Å². The third-order valence-corrected chi connectivity index (χ3v) is 3.51. The van der Waals surface area contributed by atoms with E-state index in [2.05, 4.69) is 59.9 Å². The largest absolute Gasteiger partial charge is 0.368 e. The van der Waals surface area contributed by atoms with Crippen molar-refractivity contribution < 1.29 is 4.79 Å². The molecule has 21 heavy (non-hydrogen) atoms. The SMILES string of the molecule is CC(C)CN(CC(N)=O)c1ccc(Br)cc1CNC(C)C. The van der Waals surface area contributed by atoms with Gasteiger partial charge in [-0.25, -0.2) is 0 Å². The highest BCUT2D eigenvalue weighted by Gasteiger charge is 2.15. The van der Waals surface area contributed by atoms with Gasteiger partial charge in [0.2, 0.25) is 5.91 Å². The standard InChI is InChI=1S/C16H26BrN3O/c1-11(2)9-20(10-16(18)21)15-6-5-14(17)7-13(15)8-19-12(3)4/h5-7,11-12,19H,8-10H2,1-4H3,(H2,18,21). The Kier molecular flexibility index (Phi) is 7.18. The number of amides is 1. The fraction of sp³-hybridized carbons (Fsp3) is 0.562. The molecule has 0 heterocycles. The summed E-state index contributed by atoms with van der Waals surface area (Å²) in [6.45, 7) is 10.3. The van der Waals surface area contributed by atoms with Gasteiger partial charge in [-0.3, -0.25) is 4.79 Å². The Labute approximate surface area is 136 Å². The number of carbonyl (C=O) groups excluding carboxylic acids is 1. The van der Waals surface area contributed by atoms with Crippen molar-refractivity contribution in [2.24, 2.45) is 11.7 Å². The van der Waals surface area contributed by atoms with Gasteiger partial charge in [-0.1, -0.05) is 43.6 Å². The zero-order valence-electron chi connectivity index (χ0n) is 13.3. The highest BCUT2D eigenvalue weighted by atomic mass is 79.9. The summed E-state index contributed by atoms with van der Waals surface area (Å²) in [4.78, 5) is 13.4. The second-order valence-corrected chi connectivity index (χ2v) is 6.96. The molecule has 0 aromatic heterocycles. The fourth-order valence-corrected chi connectivity index (χ4v) is 2.60. The molecular formula is C16H26BrN3O. The molecule has 0 atom stereocenters. The average Bonchev–Trinajstić information content (AvgIpc) is 2.34. The Morgan fingerprint density at radius 2 is 2.00 bits per heavy atom. The van der Waals surface area contributed by atoms with Crippen molar-refractivity contribution in [3.05, 3.63) is 28.2 Å². The summed E-state index contributed by atoms with van der Waals surface area (Å²) in [5.74, 6) is 0.153. The maximum atomic E-state index is 11.4. The minimum absolute atomic E-state index is 0.245. The van der Waals surface area contributed by atoms with Gasteiger partial charge in [0.25, 0.3) is 0 Å². The Balaban J connectivity index is 3.06. The van der Waals surface area contributed by atoms with E-state index in [0.717, 1.165) is 23.2 Å². The van der Waals surface area contributed by atoms with Crippen molar-refractivity contribution in [3.8, 4) is 0 Å². The number of nitrogens with zero attached hydrogens (tertiary/aromatic N) is 1. The second kappa shape index (κ2) is 8.39. The van der Waals surface area contributed by atoms with E-state index < -0.39 is 0 Å². The summed E-state index contributed by atoms with van der Waals surface area (Å²) < 4.78 is 1.04. The first-order valence-electron chi connectivity index (χ1n) is 7.34. The number of hydrogen-bond donors (Lipinski definition) is 2. The van der Waals surface area contributed by atoms with Crippen LogP contribution in [-0.4, -0.2) is 25.0 Å². The molecule has 0 aliphatic rings. The monoisotopic (exact) mass is 355 g/mol. The number of nitrogens with two attached hydrogens (primary N) is 1. The van der Waals surface area contributed by atoms with Crippen LogP contribution in [0.3, 0.4) is 0 Å². The predicted octanol–water partition coefficient (Wildman–Crippen LogP) is 2.89. The molecule has 0 spiro atoms. The molecule has 0 aliphatic carbocycles. The third kappa shape index (κ3) is 6.48. The first-order valence-corrected chi connectivity index (χ1v) is 8.14. The van der Waals surface area contributed by atoms with Gasteiger partial charge in [-0.05, 0) is 29.7 Å². The number of benzene rings is 1. The number of carbonyl (C=O) groups is 1. The van der Waals surface area contributed by atoms with Gasteiger partial charge in [-0.15, -0.1) is 0 Å².